The first-order valence-electron chi connectivity index (χ1n) is 7.74. The highest BCUT2D eigenvalue weighted by atomic mass is 32.2. The van der Waals surface area contributed by atoms with Gasteiger partial charge >= 0.3 is 0 Å². The molecule has 0 fully saturated rings. The molecule has 2 rings (SSSR count). The summed E-state index contributed by atoms with van der Waals surface area (Å²) in [5.74, 6) is 3.40. The lowest BCUT2D eigenvalue weighted by Crippen LogP contribution is -2.25. The maximum absolute atomic E-state index is 5.02. The van der Waals surface area contributed by atoms with Crippen molar-refractivity contribution in [3.63, 3.8) is 0 Å². The molecule has 0 aliphatic carbocycles. The summed E-state index contributed by atoms with van der Waals surface area (Å²) in [5, 5.41) is 0. The van der Waals surface area contributed by atoms with Gasteiger partial charge in [0.25, 0.3) is 0 Å². The number of aliphatic imine (C=N–C) groups is 1. The van der Waals surface area contributed by atoms with Crippen LogP contribution in [0, 0.1) is 11.5 Å². The molecule has 0 saturated heterocycles. The lowest BCUT2D eigenvalue weighted by molar-refractivity contribution is 0.573. The van der Waals surface area contributed by atoms with Gasteiger partial charge in [-0.05, 0) is 19.4 Å². The molecule has 0 saturated carbocycles. The molecule has 1 aliphatic rings. The Balaban J connectivity index is 2.42. The number of nitrogens with zero attached hydrogens (tertiary/aromatic N) is 1. The number of hydrogen-bond acceptors (Lipinski definition) is 2. The highest BCUT2D eigenvalue weighted by Gasteiger charge is 2.30. The van der Waals surface area contributed by atoms with Crippen molar-refractivity contribution >= 4 is 25.5 Å². The minimum absolute atomic E-state index is 0.0617. The number of thioether (sulfide) groups is 1. The zero-order valence-electron chi connectivity index (χ0n) is 13.8. The minimum Gasteiger partial charge on any atom is -0.258 e. The van der Waals surface area contributed by atoms with E-state index in [9.17, 15) is 0 Å². The van der Waals surface area contributed by atoms with Crippen molar-refractivity contribution in [1.82, 2.24) is 0 Å². The molecular weight excluding hydrogens is 290 g/mol. The molecule has 0 radical (unpaired) electrons. The van der Waals surface area contributed by atoms with Crippen molar-refractivity contribution in [2.75, 3.05) is 0 Å². The van der Waals surface area contributed by atoms with E-state index in [1.807, 2.05) is 11.8 Å². The van der Waals surface area contributed by atoms with E-state index in [1.165, 1.54) is 23.3 Å². The number of unbranched alkanes of at least 4 members (excludes halogenated alkanes) is 1. The molecule has 1 heterocycles. The van der Waals surface area contributed by atoms with Crippen LogP contribution >= 0.6 is 11.8 Å². The third kappa shape index (κ3) is 4.49. The third-order valence-electron chi connectivity index (χ3n) is 3.37. The number of fused-ring (bicyclic) bond motifs is 1. The molecule has 0 N–H and O–H groups in total. The Bertz CT molecular complexity index is 604. The van der Waals surface area contributed by atoms with Gasteiger partial charge in [0, 0.05) is 10.5 Å². The quantitative estimate of drug-likeness (QED) is 0.539. The second kappa shape index (κ2) is 6.42. The van der Waals surface area contributed by atoms with Crippen molar-refractivity contribution < 1.29 is 0 Å². The zero-order valence-corrected chi connectivity index (χ0v) is 15.6. The summed E-state index contributed by atoms with van der Waals surface area (Å²) in [6.45, 7) is 11.3. The van der Waals surface area contributed by atoms with E-state index in [2.05, 4.69) is 69.2 Å². The van der Waals surface area contributed by atoms with Crippen LogP contribution in [0.15, 0.2) is 34.2 Å². The predicted octanol–water partition coefficient (Wildman–Crippen LogP) is 5.37. The Morgan fingerprint density at radius 2 is 1.95 bits per heavy atom. The third-order valence-corrected chi connectivity index (χ3v) is 5.56. The van der Waals surface area contributed by atoms with Crippen LogP contribution in [-0.4, -0.2) is 18.7 Å². The Kier molecular flexibility index (Phi) is 5.01. The lowest BCUT2D eigenvalue weighted by atomic mass is 10.1. The first-order valence-corrected chi connectivity index (χ1v) is 12.1. The normalized spacial score (nSPS) is 21.1. The molecule has 0 spiro atoms. The van der Waals surface area contributed by atoms with Crippen LogP contribution in [0.3, 0.4) is 0 Å². The largest absolute Gasteiger partial charge is 0.258 e. The van der Waals surface area contributed by atoms with Gasteiger partial charge in [-0.2, -0.15) is 0 Å². The first-order chi connectivity index (χ1) is 9.83. The van der Waals surface area contributed by atoms with Gasteiger partial charge in [0.15, 0.2) is 0 Å². The summed E-state index contributed by atoms with van der Waals surface area (Å²) in [6.07, 6.45) is 3.54. The van der Waals surface area contributed by atoms with Crippen molar-refractivity contribution in [2.24, 2.45) is 4.99 Å². The lowest BCUT2D eigenvalue weighted by Gasteiger charge is -2.30. The number of hydrogen-bond donors (Lipinski definition) is 0. The standard InChI is InChI=1S/C18H25NSSi/c1-6-7-13-18(2)19-16(12-14-21(3,4)5)15-10-8-9-11-17(15)20-18/h8-11H,6-7,13H2,1-5H3. The van der Waals surface area contributed by atoms with Crippen LogP contribution in [0.4, 0.5) is 0 Å². The summed E-state index contributed by atoms with van der Waals surface area (Å²) in [4.78, 5) is 6.29. The molecule has 1 atom stereocenters. The first kappa shape index (κ1) is 16.4. The van der Waals surface area contributed by atoms with Crippen molar-refractivity contribution in [1.29, 1.82) is 0 Å². The molecule has 1 aromatic carbocycles. The van der Waals surface area contributed by atoms with E-state index in [1.54, 1.807) is 0 Å². The van der Waals surface area contributed by atoms with Crippen molar-refractivity contribution in [3.8, 4) is 11.5 Å². The molecule has 1 unspecified atom stereocenters. The highest BCUT2D eigenvalue weighted by Crippen LogP contribution is 2.43. The second-order valence-electron chi connectivity index (χ2n) is 6.84. The summed E-state index contributed by atoms with van der Waals surface area (Å²) in [5.41, 5.74) is 5.68. The van der Waals surface area contributed by atoms with Gasteiger partial charge < -0.3 is 0 Å². The summed E-state index contributed by atoms with van der Waals surface area (Å²) in [6, 6.07) is 8.55. The molecule has 1 aromatic rings. The maximum Gasteiger partial charge on any atom is 0.129 e. The number of benzene rings is 1. The fourth-order valence-corrected chi connectivity index (χ4v) is 4.03. The van der Waals surface area contributed by atoms with Gasteiger partial charge in [0.05, 0.1) is 0 Å². The Hall–Kier alpha value is -0.983. The molecule has 0 bridgehead atoms. The van der Waals surface area contributed by atoms with E-state index in [4.69, 9.17) is 4.99 Å². The average molecular weight is 316 g/mol. The fourth-order valence-electron chi connectivity index (χ4n) is 2.26. The summed E-state index contributed by atoms with van der Waals surface area (Å²) in [7, 11) is -1.38. The molecule has 0 amide bonds. The monoisotopic (exact) mass is 315 g/mol. The van der Waals surface area contributed by atoms with E-state index >= 15 is 0 Å². The smallest absolute Gasteiger partial charge is 0.129 e. The van der Waals surface area contributed by atoms with Crippen LogP contribution in [0.5, 0.6) is 0 Å². The summed E-state index contributed by atoms with van der Waals surface area (Å²) < 4.78 is 0. The van der Waals surface area contributed by atoms with E-state index in [-0.39, 0.29) is 4.87 Å². The predicted molar refractivity (Wildman–Crippen MR) is 97.9 cm³/mol. The van der Waals surface area contributed by atoms with Gasteiger partial charge in [-0.15, -0.1) is 5.54 Å². The second-order valence-corrected chi connectivity index (χ2v) is 13.1. The van der Waals surface area contributed by atoms with Crippen LogP contribution < -0.4 is 0 Å². The molecule has 21 heavy (non-hydrogen) atoms. The van der Waals surface area contributed by atoms with Crippen LogP contribution in [0.2, 0.25) is 19.6 Å². The van der Waals surface area contributed by atoms with Crippen LogP contribution in [0.1, 0.15) is 38.7 Å². The fraction of sp³-hybridized carbons (Fsp3) is 0.500. The Morgan fingerprint density at radius 3 is 2.62 bits per heavy atom. The average Bonchev–Trinajstić information content (AvgIpc) is 2.42. The van der Waals surface area contributed by atoms with Crippen molar-refractivity contribution in [3.05, 3.63) is 29.8 Å². The minimum atomic E-state index is -1.38. The van der Waals surface area contributed by atoms with E-state index in [0.29, 0.717) is 0 Å². The van der Waals surface area contributed by atoms with Crippen LogP contribution in [-0.2, 0) is 0 Å². The van der Waals surface area contributed by atoms with Crippen molar-refractivity contribution in [2.45, 2.75) is 62.5 Å². The molecular formula is C18H25NSSi. The SMILES string of the molecule is CCCCC1(C)N=C(C#C[Si](C)(C)C)c2ccccc2S1. The zero-order chi connectivity index (χ0) is 15.5. The van der Waals surface area contributed by atoms with E-state index in [0.717, 1.165) is 12.1 Å². The molecule has 0 aromatic heterocycles. The molecule has 3 heteroatoms. The summed E-state index contributed by atoms with van der Waals surface area (Å²) >= 11 is 1.89. The topological polar surface area (TPSA) is 12.4 Å². The van der Waals surface area contributed by atoms with E-state index < -0.39 is 8.07 Å². The highest BCUT2D eigenvalue weighted by molar-refractivity contribution is 8.00. The Morgan fingerprint density at radius 1 is 1.24 bits per heavy atom. The Labute approximate surface area is 134 Å². The molecule has 112 valence electrons. The van der Waals surface area contributed by atoms with Gasteiger partial charge in [0.1, 0.15) is 18.7 Å². The molecule has 1 aliphatic heterocycles. The van der Waals surface area contributed by atoms with Gasteiger partial charge in [0.2, 0.25) is 0 Å². The number of rotatable bonds is 3. The van der Waals surface area contributed by atoms with Gasteiger partial charge in [-0.25, -0.2) is 0 Å². The van der Waals surface area contributed by atoms with Crippen LogP contribution in [0.25, 0.3) is 0 Å². The maximum atomic E-state index is 5.02. The van der Waals surface area contributed by atoms with Gasteiger partial charge in [-0.1, -0.05) is 75.3 Å². The molecule has 1 nitrogen and oxygen atoms in total. The van der Waals surface area contributed by atoms with Gasteiger partial charge in [-0.3, -0.25) is 4.99 Å².